The van der Waals surface area contributed by atoms with Crippen LogP contribution in [0.25, 0.3) is 0 Å². The average Bonchev–Trinajstić information content (AvgIpc) is 2.23. The standard InChI is InChI=1S/C9H19ClN2O4S/c1-9(2,5-4-6-10)7-11-17(14,15)12-8(13)16-3/h11H,4-7H2,1-3H3,(H,12,13). The Labute approximate surface area is 107 Å². The fraction of sp³-hybridized carbons (Fsp3) is 0.889. The molecule has 2 N–H and O–H groups in total. The molecule has 0 fully saturated rings. The van der Waals surface area contributed by atoms with Crippen LogP contribution >= 0.6 is 11.6 Å². The fourth-order valence-corrected chi connectivity index (χ4v) is 2.20. The third-order valence-corrected chi connectivity index (χ3v) is 3.36. The van der Waals surface area contributed by atoms with Gasteiger partial charge in [-0.05, 0) is 18.3 Å². The van der Waals surface area contributed by atoms with E-state index in [0.29, 0.717) is 5.88 Å². The first kappa shape index (κ1) is 16.5. The van der Waals surface area contributed by atoms with Gasteiger partial charge in [0.05, 0.1) is 7.11 Å². The van der Waals surface area contributed by atoms with Gasteiger partial charge in [0, 0.05) is 12.4 Å². The van der Waals surface area contributed by atoms with Crippen LogP contribution in [0, 0.1) is 5.41 Å². The maximum Gasteiger partial charge on any atom is 0.421 e. The molecule has 0 aliphatic carbocycles. The van der Waals surface area contributed by atoms with Crippen molar-refractivity contribution in [3.63, 3.8) is 0 Å². The molecule has 1 amide bonds. The van der Waals surface area contributed by atoms with Gasteiger partial charge in [-0.15, -0.1) is 11.6 Å². The zero-order valence-corrected chi connectivity index (χ0v) is 11.8. The average molecular weight is 287 g/mol. The minimum atomic E-state index is -3.86. The lowest BCUT2D eigenvalue weighted by molar-refractivity contribution is 0.177. The highest BCUT2D eigenvalue weighted by Gasteiger charge is 2.22. The summed E-state index contributed by atoms with van der Waals surface area (Å²) < 4.78 is 30.9. The molecule has 0 atom stereocenters. The molecule has 6 nitrogen and oxygen atoms in total. The summed E-state index contributed by atoms with van der Waals surface area (Å²) >= 11 is 5.57. The highest BCUT2D eigenvalue weighted by molar-refractivity contribution is 7.88. The molecule has 0 radical (unpaired) electrons. The van der Waals surface area contributed by atoms with Crippen molar-refractivity contribution in [1.29, 1.82) is 0 Å². The van der Waals surface area contributed by atoms with Gasteiger partial charge in [-0.1, -0.05) is 13.8 Å². The predicted molar refractivity (Wildman–Crippen MR) is 66.2 cm³/mol. The third kappa shape index (κ3) is 8.23. The molecule has 0 saturated carbocycles. The first-order chi connectivity index (χ1) is 7.72. The van der Waals surface area contributed by atoms with Crippen LogP contribution in [-0.4, -0.2) is 34.0 Å². The van der Waals surface area contributed by atoms with Crippen LogP contribution in [0.1, 0.15) is 26.7 Å². The van der Waals surface area contributed by atoms with Crippen LogP contribution in [0.4, 0.5) is 4.79 Å². The second kappa shape index (κ2) is 7.03. The number of alkyl halides is 1. The Bertz CT molecular complexity index is 343. The molecule has 0 aliphatic heterocycles. The van der Waals surface area contributed by atoms with Crippen LogP contribution in [0.15, 0.2) is 0 Å². The molecule has 17 heavy (non-hydrogen) atoms. The van der Waals surface area contributed by atoms with Gasteiger partial charge in [-0.3, -0.25) is 0 Å². The van der Waals surface area contributed by atoms with Crippen molar-refractivity contribution >= 4 is 27.9 Å². The quantitative estimate of drug-likeness (QED) is 0.689. The Kier molecular flexibility index (Phi) is 6.81. The van der Waals surface area contributed by atoms with Gasteiger partial charge in [-0.25, -0.2) is 9.52 Å². The zero-order chi connectivity index (χ0) is 13.5. The van der Waals surface area contributed by atoms with E-state index in [2.05, 4.69) is 9.46 Å². The van der Waals surface area contributed by atoms with E-state index in [-0.39, 0.29) is 12.0 Å². The molecule has 0 bridgehead atoms. The fourth-order valence-electron chi connectivity index (χ4n) is 1.11. The number of hydrogen-bond donors (Lipinski definition) is 2. The largest absolute Gasteiger partial charge is 0.452 e. The van der Waals surface area contributed by atoms with Gasteiger partial charge >= 0.3 is 16.3 Å². The summed E-state index contributed by atoms with van der Waals surface area (Å²) in [5.74, 6) is 0.538. The van der Waals surface area contributed by atoms with Gasteiger partial charge < -0.3 is 4.74 Å². The van der Waals surface area contributed by atoms with Crippen molar-refractivity contribution in [2.75, 3.05) is 19.5 Å². The first-order valence-corrected chi connectivity index (χ1v) is 7.15. The normalized spacial score (nSPS) is 12.2. The molecule has 0 heterocycles. The van der Waals surface area contributed by atoms with Gasteiger partial charge in [0.2, 0.25) is 0 Å². The SMILES string of the molecule is COC(=O)NS(=O)(=O)NCC(C)(C)CCCCl. The van der Waals surface area contributed by atoms with Crippen molar-refractivity contribution in [2.24, 2.45) is 5.41 Å². The van der Waals surface area contributed by atoms with Crippen molar-refractivity contribution in [3.05, 3.63) is 0 Å². The summed E-state index contributed by atoms with van der Waals surface area (Å²) in [6.45, 7) is 4.05. The number of amides is 1. The van der Waals surface area contributed by atoms with E-state index < -0.39 is 16.3 Å². The van der Waals surface area contributed by atoms with Crippen LogP contribution in [0.2, 0.25) is 0 Å². The summed E-state index contributed by atoms with van der Waals surface area (Å²) in [4.78, 5) is 10.8. The lowest BCUT2D eigenvalue weighted by Crippen LogP contribution is -2.43. The number of rotatable bonds is 7. The van der Waals surface area contributed by atoms with E-state index in [1.165, 1.54) is 0 Å². The maximum absolute atomic E-state index is 11.4. The lowest BCUT2D eigenvalue weighted by atomic mass is 9.88. The van der Waals surface area contributed by atoms with E-state index in [1.54, 1.807) is 4.72 Å². The van der Waals surface area contributed by atoms with Gasteiger partial charge in [-0.2, -0.15) is 13.1 Å². The van der Waals surface area contributed by atoms with Crippen molar-refractivity contribution < 1.29 is 17.9 Å². The van der Waals surface area contributed by atoms with Gasteiger partial charge in [0.25, 0.3) is 0 Å². The lowest BCUT2D eigenvalue weighted by Gasteiger charge is -2.24. The molecular weight excluding hydrogens is 268 g/mol. The Morgan fingerprint density at radius 2 is 2.00 bits per heavy atom. The predicted octanol–water partition coefficient (Wildman–Crippen LogP) is 1.22. The van der Waals surface area contributed by atoms with E-state index in [9.17, 15) is 13.2 Å². The molecule has 0 aromatic carbocycles. The Morgan fingerprint density at radius 3 is 2.47 bits per heavy atom. The maximum atomic E-state index is 11.4. The topological polar surface area (TPSA) is 84.5 Å². The van der Waals surface area contributed by atoms with Crippen LogP contribution in [-0.2, 0) is 14.9 Å². The summed E-state index contributed by atoms with van der Waals surface area (Å²) in [7, 11) is -2.77. The number of carbonyl (C=O) groups is 1. The Balaban J connectivity index is 4.21. The molecule has 0 spiro atoms. The molecule has 0 rings (SSSR count). The Morgan fingerprint density at radius 1 is 1.41 bits per heavy atom. The zero-order valence-electron chi connectivity index (χ0n) is 10.2. The van der Waals surface area contributed by atoms with Crippen molar-refractivity contribution in [3.8, 4) is 0 Å². The third-order valence-electron chi connectivity index (χ3n) is 2.13. The minimum Gasteiger partial charge on any atom is -0.452 e. The molecule has 102 valence electrons. The summed E-state index contributed by atoms with van der Waals surface area (Å²) in [6, 6.07) is 0. The summed E-state index contributed by atoms with van der Waals surface area (Å²) in [6.07, 6.45) is 0.578. The minimum absolute atomic E-state index is 0.218. The summed E-state index contributed by atoms with van der Waals surface area (Å²) in [5, 5.41) is 0. The molecule has 0 aromatic rings. The number of ether oxygens (including phenoxy) is 1. The number of hydrogen-bond acceptors (Lipinski definition) is 4. The van der Waals surface area contributed by atoms with E-state index in [0.717, 1.165) is 20.0 Å². The highest BCUT2D eigenvalue weighted by Crippen LogP contribution is 2.21. The number of nitrogens with one attached hydrogen (secondary N) is 2. The van der Waals surface area contributed by atoms with Gasteiger partial charge in [0.1, 0.15) is 0 Å². The van der Waals surface area contributed by atoms with E-state index >= 15 is 0 Å². The highest BCUT2D eigenvalue weighted by atomic mass is 35.5. The monoisotopic (exact) mass is 286 g/mol. The molecule has 0 aromatic heterocycles. The number of carbonyl (C=O) groups excluding carboxylic acids is 1. The number of methoxy groups -OCH3 is 1. The van der Waals surface area contributed by atoms with Crippen LogP contribution < -0.4 is 9.44 Å². The van der Waals surface area contributed by atoms with Crippen LogP contribution in [0.3, 0.4) is 0 Å². The molecule has 0 unspecified atom stereocenters. The molecule has 0 saturated heterocycles. The number of halogens is 1. The van der Waals surface area contributed by atoms with E-state index in [4.69, 9.17) is 11.6 Å². The molecule has 8 heteroatoms. The van der Waals surface area contributed by atoms with E-state index in [1.807, 2.05) is 13.8 Å². The molecular formula is C9H19ClN2O4S. The van der Waals surface area contributed by atoms with Crippen molar-refractivity contribution in [1.82, 2.24) is 9.44 Å². The van der Waals surface area contributed by atoms with Crippen LogP contribution in [0.5, 0.6) is 0 Å². The first-order valence-electron chi connectivity index (χ1n) is 5.14. The molecule has 0 aliphatic rings. The van der Waals surface area contributed by atoms with Gasteiger partial charge in [0.15, 0.2) is 0 Å². The second-order valence-electron chi connectivity index (χ2n) is 4.37. The Hall–Kier alpha value is -0.530. The second-order valence-corrected chi connectivity index (χ2v) is 6.25. The summed E-state index contributed by atoms with van der Waals surface area (Å²) in [5.41, 5.74) is -0.222. The smallest absolute Gasteiger partial charge is 0.421 e. The van der Waals surface area contributed by atoms with Crippen molar-refractivity contribution in [2.45, 2.75) is 26.7 Å².